The zero-order chi connectivity index (χ0) is 23.9. The standard InChI is InChI=1S/C22H24N2O7S2/c1-17(26)19-4-8-21(9-5-19)33(29,30)24-14-15-31-22(24)10-12-23(13-11-22)32(27,28)20-6-2-18(16-25)3-7-20/h2-9,16H,10-15H2,1H3. The molecule has 0 atom stereocenters. The Labute approximate surface area is 193 Å². The van der Waals surface area contributed by atoms with Gasteiger partial charge in [-0.15, -0.1) is 0 Å². The van der Waals surface area contributed by atoms with Crippen LogP contribution in [0.4, 0.5) is 0 Å². The third kappa shape index (κ3) is 4.26. The Morgan fingerprint density at radius 2 is 1.42 bits per heavy atom. The molecule has 2 aliphatic heterocycles. The van der Waals surface area contributed by atoms with Gasteiger partial charge in [-0.05, 0) is 31.2 Å². The van der Waals surface area contributed by atoms with E-state index in [2.05, 4.69) is 0 Å². The van der Waals surface area contributed by atoms with E-state index in [0.717, 1.165) is 0 Å². The number of carbonyl (C=O) groups excluding carboxylic acids is 2. The molecule has 2 aromatic rings. The lowest BCUT2D eigenvalue weighted by molar-refractivity contribution is -0.0806. The van der Waals surface area contributed by atoms with E-state index in [1.807, 2.05) is 0 Å². The zero-order valence-electron chi connectivity index (χ0n) is 18.0. The van der Waals surface area contributed by atoms with Crippen molar-refractivity contribution in [3.63, 3.8) is 0 Å². The molecule has 1 spiro atoms. The van der Waals surface area contributed by atoms with Crippen molar-refractivity contribution in [2.75, 3.05) is 26.2 Å². The van der Waals surface area contributed by atoms with Crippen LogP contribution in [0.3, 0.4) is 0 Å². The van der Waals surface area contributed by atoms with Gasteiger partial charge in [0.15, 0.2) is 5.78 Å². The fraction of sp³-hybridized carbons (Fsp3) is 0.364. The van der Waals surface area contributed by atoms with Gasteiger partial charge in [0.2, 0.25) is 20.0 Å². The Bertz CT molecular complexity index is 1260. The van der Waals surface area contributed by atoms with Crippen molar-refractivity contribution >= 4 is 32.1 Å². The van der Waals surface area contributed by atoms with Crippen LogP contribution in [0.25, 0.3) is 0 Å². The minimum atomic E-state index is -3.91. The second-order valence-corrected chi connectivity index (χ2v) is 11.8. The number of sulfonamides is 2. The average Bonchev–Trinajstić information content (AvgIpc) is 3.23. The van der Waals surface area contributed by atoms with Crippen molar-refractivity contribution in [1.82, 2.24) is 8.61 Å². The van der Waals surface area contributed by atoms with Crippen molar-refractivity contribution in [2.24, 2.45) is 0 Å². The Hall–Kier alpha value is -2.44. The summed E-state index contributed by atoms with van der Waals surface area (Å²) < 4.78 is 61.2. The molecule has 9 nitrogen and oxygen atoms in total. The number of hydrogen-bond acceptors (Lipinski definition) is 7. The minimum absolute atomic E-state index is 0.0580. The Balaban J connectivity index is 1.54. The molecule has 176 valence electrons. The predicted octanol–water partition coefficient (Wildman–Crippen LogP) is 1.90. The first kappa shape index (κ1) is 23.7. The van der Waals surface area contributed by atoms with Crippen molar-refractivity contribution in [1.29, 1.82) is 0 Å². The molecular formula is C22H24N2O7S2. The molecule has 0 amide bonds. The summed E-state index contributed by atoms with van der Waals surface area (Å²) in [7, 11) is -7.70. The number of carbonyl (C=O) groups is 2. The molecular weight excluding hydrogens is 468 g/mol. The number of aldehydes is 1. The predicted molar refractivity (Wildman–Crippen MR) is 119 cm³/mol. The van der Waals surface area contributed by atoms with E-state index in [1.54, 1.807) is 0 Å². The molecule has 0 radical (unpaired) electrons. The van der Waals surface area contributed by atoms with Crippen LogP contribution in [0.15, 0.2) is 58.3 Å². The summed E-state index contributed by atoms with van der Waals surface area (Å²) in [5, 5.41) is 0. The summed E-state index contributed by atoms with van der Waals surface area (Å²) in [5.74, 6) is -0.158. The average molecular weight is 493 g/mol. The van der Waals surface area contributed by atoms with Crippen molar-refractivity contribution in [3.8, 4) is 0 Å². The Morgan fingerprint density at radius 1 is 0.879 bits per heavy atom. The fourth-order valence-electron chi connectivity index (χ4n) is 4.26. The van der Waals surface area contributed by atoms with E-state index in [4.69, 9.17) is 4.74 Å². The number of ketones is 1. The maximum atomic E-state index is 13.3. The van der Waals surface area contributed by atoms with E-state index in [9.17, 15) is 26.4 Å². The molecule has 33 heavy (non-hydrogen) atoms. The summed E-state index contributed by atoms with van der Waals surface area (Å²) in [6, 6.07) is 11.4. The van der Waals surface area contributed by atoms with Crippen molar-refractivity contribution in [3.05, 3.63) is 59.7 Å². The van der Waals surface area contributed by atoms with Gasteiger partial charge in [0.1, 0.15) is 12.0 Å². The van der Waals surface area contributed by atoms with Gasteiger partial charge in [-0.3, -0.25) is 9.59 Å². The molecule has 0 saturated carbocycles. The lowest BCUT2D eigenvalue weighted by Crippen LogP contribution is -2.55. The van der Waals surface area contributed by atoms with Crippen molar-refractivity contribution < 1.29 is 31.2 Å². The van der Waals surface area contributed by atoms with E-state index in [1.165, 1.54) is 64.1 Å². The van der Waals surface area contributed by atoms with Gasteiger partial charge in [0, 0.05) is 43.6 Å². The van der Waals surface area contributed by atoms with Gasteiger partial charge in [-0.25, -0.2) is 16.8 Å². The molecule has 2 fully saturated rings. The minimum Gasteiger partial charge on any atom is -0.358 e. The molecule has 0 aromatic heterocycles. The van der Waals surface area contributed by atoms with Crippen LogP contribution in [-0.2, 0) is 24.8 Å². The van der Waals surface area contributed by atoms with Gasteiger partial charge >= 0.3 is 0 Å². The summed E-state index contributed by atoms with van der Waals surface area (Å²) in [5.41, 5.74) is -0.324. The second-order valence-electron chi connectivity index (χ2n) is 8.04. The molecule has 11 heteroatoms. The molecule has 2 aromatic carbocycles. The molecule has 0 bridgehead atoms. The highest BCUT2D eigenvalue weighted by Gasteiger charge is 2.51. The molecule has 2 heterocycles. The van der Waals surface area contributed by atoms with Crippen LogP contribution in [-0.4, -0.2) is 69.5 Å². The van der Waals surface area contributed by atoms with E-state index in [0.29, 0.717) is 17.4 Å². The third-order valence-electron chi connectivity index (χ3n) is 6.13. The monoisotopic (exact) mass is 492 g/mol. The molecule has 0 unspecified atom stereocenters. The normalized spacial score (nSPS) is 19.5. The second kappa shape index (κ2) is 8.73. The van der Waals surface area contributed by atoms with Gasteiger partial charge in [0.05, 0.1) is 16.4 Å². The zero-order valence-corrected chi connectivity index (χ0v) is 19.6. The molecule has 4 rings (SSSR count). The molecule has 0 N–H and O–H groups in total. The number of piperidine rings is 1. The summed E-state index contributed by atoms with van der Waals surface area (Å²) >= 11 is 0. The lowest BCUT2D eigenvalue weighted by Gasteiger charge is -2.42. The number of benzene rings is 2. The number of rotatable bonds is 6. The SMILES string of the molecule is CC(=O)c1ccc(S(=O)(=O)N2CCOC23CCN(S(=O)(=O)c2ccc(C=O)cc2)CC3)cc1. The quantitative estimate of drug-likeness (QED) is 0.446. The summed E-state index contributed by atoms with van der Waals surface area (Å²) in [6.45, 7) is 1.97. The highest BCUT2D eigenvalue weighted by molar-refractivity contribution is 7.89. The van der Waals surface area contributed by atoms with Crippen LogP contribution in [0.2, 0.25) is 0 Å². The first-order valence-corrected chi connectivity index (χ1v) is 13.3. The fourth-order valence-corrected chi connectivity index (χ4v) is 7.42. The van der Waals surface area contributed by atoms with Crippen LogP contribution in [0.1, 0.15) is 40.5 Å². The highest BCUT2D eigenvalue weighted by Crippen LogP contribution is 2.39. The maximum absolute atomic E-state index is 13.3. The van der Waals surface area contributed by atoms with E-state index >= 15 is 0 Å². The number of ether oxygens (including phenoxy) is 1. The first-order valence-electron chi connectivity index (χ1n) is 10.4. The summed E-state index contributed by atoms with van der Waals surface area (Å²) in [6.07, 6.45) is 1.01. The largest absolute Gasteiger partial charge is 0.358 e. The van der Waals surface area contributed by atoms with Crippen molar-refractivity contribution in [2.45, 2.75) is 35.3 Å². The third-order valence-corrected chi connectivity index (χ3v) is 10.0. The van der Waals surface area contributed by atoms with E-state index < -0.39 is 25.8 Å². The topological polar surface area (TPSA) is 118 Å². The van der Waals surface area contributed by atoms with Gasteiger partial charge in [0.25, 0.3) is 0 Å². The molecule has 2 aliphatic rings. The lowest BCUT2D eigenvalue weighted by atomic mass is 10.0. The van der Waals surface area contributed by atoms with Crippen LogP contribution in [0.5, 0.6) is 0 Å². The van der Waals surface area contributed by atoms with E-state index in [-0.39, 0.29) is 54.7 Å². The number of hydrogen-bond donors (Lipinski definition) is 0. The Morgan fingerprint density at radius 3 is 1.97 bits per heavy atom. The van der Waals surface area contributed by atoms with Crippen LogP contribution < -0.4 is 0 Å². The van der Waals surface area contributed by atoms with Gasteiger partial charge in [-0.2, -0.15) is 8.61 Å². The molecule has 2 saturated heterocycles. The Kier molecular flexibility index (Phi) is 6.27. The highest BCUT2D eigenvalue weighted by atomic mass is 32.2. The summed E-state index contributed by atoms with van der Waals surface area (Å²) in [4.78, 5) is 22.5. The first-order chi connectivity index (χ1) is 15.6. The van der Waals surface area contributed by atoms with Gasteiger partial charge in [-0.1, -0.05) is 24.3 Å². The number of Topliss-reactive ketones (excluding diaryl/α,β-unsaturated/α-hetero) is 1. The van der Waals surface area contributed by atoms with Crippen LogP contribution in [0, 0.1) is 0 Å². The maximum Gasteiger partial charge on any atom is 0.245 e. The smallest absolute Gasteiger partial charge is 0.245 e. The molecule has 0 aliphatic carbocycles. The van der Waals surface area contributed by atoms with Gasteiger partial charge < -0.3 is 4.74 Å². The number of nitrogens with zero attached hydrogens (tertiary/aromatic N) is 2. The van der Waals surface area contributed by atoms with Crippen LogP contribution >= 0.6 is 0 Å².